The maximum Gasteiger partial charge on any atom is 0.345 e. The van der Waals surface area contributed by atoms with Gasteiger partial charge >= 0.3 is 5.72 Å². The Hall–Kier alpha value is -3.88. The predicted octanol–water partition coefficient (Wildman–Crippen LogP) is 3.96. The molecule has 0 bridgehead atoms. The van der Waals surface area contributed by atoms with Crippen molar-refractivity contribution >= 4 is 11.1 Å². The lowest BCUT2D eigenvalue weighted by molar-refractivity contribution is -0.607. The summed E-state index contributed by atoms with van der Waals surface area (Å²) in [5, 5.41) is 30.9. The molecule has 2 aromatic rings. The quantitative estimate of drug-likeness (QED) is 0.426. The van der Waals surface area contributed by atoms with Gasteiger partial charge < -0.3 is 5.11 Å². The molecule has 2 unspecified atom stereocenters. The molecule has 32 heavy (non-hydrogen) atoms. The van der Waals surface area contributed by atoms with Crippen LogP contribution in [0.15, 0.2) is 97.1 Å². The Labute approximate surface area is 185 Å². The van der Waals surface area contributed by atoms with Crippen molar-refractivity contribution in [2.24, 2.45) is 5.73 Å². The highest BCUT2D eigenvalue weighted by molar-refractivity contribution is 5.75. The Morgan fingerprint density at radius 3 is 1.56 bits per heavy atom. The first-order valence-electron chi connectivity index (χ1n) is 9.93. The highest BCUT2D eigenvalue weighted by Gasteiger charge is 2.38. The van der Waals surface area contributed by atoms with Gasteiger partial charge in [0, 0.05) is 17.1 Å². The van der Waals surface area contributed by atoms with Gasteiger partial charge in [-0.3, -0.25) is 26.0 Å². The van der Waals surface area contributed by atoms with Crippen LogP contribution in [0.4, 0.5) is 0 Å². The van der Waals surface area contributed by atoms with Crippen molar-refractivity contribution in [2.45, 2.75) is 24.2 Å². The number of benzene rings is 2. The fourth-order valence-electron chi connectivity index (χ4n) is 3.22. The van der Waals surface area contributed by atoms with Crippen molar-refractivity contribution in [3.63, 3.8) is 0 Å². The normalized spacial score (nSPS) is 23.9. The lowest BCUT2D eigenvalue weighted by atomic mass is 9.94. The van der Waals surface area contributed by atoms with Gasteiger partial charge in [0.1, 0.15) is 0 Å². The molecule has 0 radical (unpaired) electrons. The second kappa shape index (κ2) is 9.51. The van der Waals surface area contributed by atoms with E-state index in [4.69, 9.17) is 5.73 Å². The van der Waals surface area contributed by atoms with Crippen molar-refractivity contribution in [1.82, 2.24) is 0 Å². The number of hydrogen-bond donors (Lipinski definition) is 2. The third-order valence-electron chi connectivity index (χ3n) is 5.22. The van der Waals surface area contributed by atoms with Crippen LogP contribution in [-0.2, 0) is 0 Å². The first kappa shape index (κ1) is 22.8. The molecule has 0 aromatic heterocycles. The van der Waals surface area contributed by atoms with Gasteiger partial charge in [-0.25, -0.2) is 0 Å². The van der Waals surface area contributed by atoms with Crippen LogP contribution in [0.5, 0.6) is 0 Å². The number of allylic oxidation sites excluding steroid dienone is 4. The summed E-state index contributed by atoms with van der Waals surface area (Å²) >= 11 is 0. The number of rotatable bonds is 4. The maximum absolute atomic E-state index is 10.7. The minimum absolute atomic E-state index is 0.000722. The van der Waals surface area contributed by atoms with Crippen LogP contribution in [0.2, 0.25) is 0 Å². The molecule has 0 fully saturated rings. The van der Waals surface area contributed by atoms with E-state index in [9.17, 15) is 25.3 Å². The Bertz CT molecular complexity index is 1020. The first-order valence-corrected chi connectivity index (χ1v) is 9.93. The van der Waals surface area contributed by atoms with Crippen molar-refractivity contribution in [3.8, 4) is 0 Å². The molecule has 0 aliphatic heterocycles. The molecule has 8 nitrogen and oxygen atoms in total. The summed E-state index contributed by atoms with van der Waals surface area (Å²) in [6, 6.07) is 19.3. The van der Waals surface area contributed by atoms with E-state index in [1.165, 1.54) is 12.2 Å². The smallest absolute Gasteiger partial charge is 0.327 e. The largest absolute Gasteiger partial charge is 0.345 e. The molecule has 2 aliphatic rings. The maximum atomic E-state index is 10.7. The molecule has 164 valence electrons. The van der Waals surface area contributed by atoms with Crippen LogP contribution in [0.1, 0.15) is 24.0 Å². The molecule has 0 spiro atoms. The van der Waals surface area contributed by atoms with E-state index in [0.29, 0.717) is 0 Å². The number of nitrogens with zero attached hydrogens (tertiary/aromatic N) is 2. The second-order valence-electron chi connectivity index (χ2n) is 7.51. The van der Waals surface area contributed by atoms with Gasteiger partial charge in [-0.1, -0.05) is 78.9 Å². The van der Waals surface area contributed by atoms with Crippen LogP contribution in [0.3, 0.4) is 0 Å². The number of aliphatic hydroxyl groups is 1. The number of nitro groups is 2. The summed E-state index contributed by atoms with van der Waals surface area (Å²) in [5.41, 5.74) is 6.13. The number of hydrogen-bond acceptors (Lipinski definition) is 6. The highest BCUT2D eigenvalue weighted by atomic mass is 16.7. The van der Waals surface area contributed by atoms with Crippen LogP contribution in [0.25, 0.3) is 11.1 Å². The third-order valence-corrected chi connectivity index (χ3v) is 5.22. The molecule has 8 heteroatoms. The summed E-state index contributed by atoms with van der Waals surface area (Å²) in [4.78, 5) is 20.2. The van der Waals surface area contributed by atoms with E-state index in [0.717, 1.165) is 22.3 Å². The molecule has 3 N–H and O–H groups in total. The molecular formula is C24H23N3O5. The lowest BCUT2D eigenvalue weighted by Gasteiger charge is -2.19. The van der Waals surface area contributed by atoms with Crippen molar-refractivity contribution in [3.05, 3.63) is 128 Å². The van der Waals surface area contributed by atoms with Crippen LogP contribution in [0, 0.1) is 20.2 Å². The zero-order valence-corrected chi connectivity index (χ0v) is 17.2. The topological polar surface area (TPSA) is 133 Å². The van der Waals surface area contributed by atoms with Crippen LogP contribution < -0.4 is 5.73 Å². The minimum Gasteiger partial charge on any atom is -0.327 e. The Morgan fingerprint density at radius 2 is 1.22 bits per heavy atom. The zero-order valence-electron chi connectivity index (χ0n) is 17.2. The average molecular weight is 433 g/mol. The van der Waals surface area contributed by atoms with Gasteiger partial charge in [-0.2, -0.15) is 0 Å². The molecule has 2 atom stereocenters. The van der Waals surface area contributed by atoms with Gasteiger partial charge in [0.2, 0.25) is 0 Å². The van der Waals surface area contributed by atoms with E-state index in [1.54, 1.807) is 24.3 Å². The predicted molar refractivity (Wildman–Crippen MR) is 122 cm³/mol. The first-order chi connectivity index (χ1) is 15.2. The highest BCUT2D eigenvalue weighted by Crippen LogP contribution is 2.27. The van der Waals surface area contributed by atoms with Crippen molar-refractivity contribution in [1.29, 1.82) is 0 Å². The molecule has 0 heterocycles. The molecule has 2 aliphatic carbocycles. The second-order valence-corrected chi connectivity index (χ2v) is 7.51. The lowest BCUT2D eigenvalue weighted by Crippen LogP contribution is -2.46. The molecule has 0 saturated heterocycles. The van der Waals surface area contributed by atoms with Gasteiger partial charge in [0.15, 0.2) is 0 Å². The van der Waals surface area contributed by atoms with Crippen molar-refractivity contribution in [2.75, 3.05) is 0 Å². The molecular weight excluding hydrogens is 410 g/mol. The van der Waals surface area contributed by atoms with E-state index < -0.39 is 21.2 Å². The molecule has 2 aromatic carbocycles. The SMILES string of the molecule is NC1([N+](=O)[O-])C=CC(c2ccccc2)=CC1.O=[N+]([O-])C1(O)C=CC(c2ccccc2)=CC1. The minimum atomic E-state index is -1.95. The Balaban J connectivity index is 0.000000181. The summed E-state index contributed by atoms with van der Waals surface area (Å²) in [6.07, 6.45) is 9.69. The fourth-order valence-corrected chi connectivity index (χ4v) is 3.22. The molecule has 0 saturated carbocycles. The third kappa shape index (κ3) is 5.23. The van der Waals surface area contributed by atoms with Gasteiger partial charge in [0.05, 0.1) is 17.8 Å². The summed E-state index contributed by atoms with van der Waals surface area (Å²) < 4.78 is 0. The van der Waals surface area contributed by atoms with E-state index in [1.807, 2.05) is 60.7 Å². The Kier molecular flexibility index (Phi) is 6.77. The molecule has 4 rings (SSSR count). The fraction of sp³-hybridized carbons (Fsp3) is 0.167. The average Bonchev–Trinajstić information content (AvgIpc) is 2.81. The number of nitrogens with two attached hydrogens (primary N) is 1. The Morgan fingerprint density at radius 1 is 0.750 bits per heavy atom. The summed E-state index contributed by atoms with van der Waals surface area (Å²) in [6.45, 7) is 0. The monoisotopic (exact) mass is 433 g/mol. The molecule has 0 amide bonds. The van der Waals surface area contributed by atoms with E-state index in [-0.39, 0.29) is 12.8 Å². The zero-order chi connectivity index (χ0) is 23.2. The van der Waals surface area contributed by atoms with E-state index >= 15 is 0 Å². The summed E-state index contributed by atoms with van der Waals surface area (Å²) in [5.74, 6) is 0. The van der Waals surface area contributed by atoms with E-state index in [2.05, 4.69) is 0 Å². The van der Waals surface area contributed by atoms with Crippen molar-refractivity contribution < 1.29 is 15.0 Å². The standard InChI is InChI=1S/C12H12N2O2.C12H11NO3/c13-12(14(15)16)8-6-11(7-9-12)10-4-2-1-3-5-10;14-12(13(15)16)8-6-11(7-9-12)10-4-2-1-3-5-10/h1-8H,9,13H2;1-8,14H,9H2. The van der Waals surface area contributed by atoms with Crippen LogP contribution >= 0.6 is 0 Å². The van der Waals surface area contributed by atoms with Gasteiger partial charge in [-0.15, -0.1) is 0 Å². The van der Waals surface area contributed by atoms with Gasteiger partial charge in [-0.05, 0) is 28.3 Å². The summed E-state index contributed by atoms with van der Waals surface area (Å²) in [7, 11) is 0. The van der Waals surface area contributed by atoms with Crippen LogP contribution in [-0.4, -0.2) is 26.3 Å². The van der Waals surface area contributed by atoms with Gasteiger partial charge in [0.25, 0.3) is 5.66 Å².